The van der Waals surface area contributed by atoms with E-state index in [1.165, 1.54) is 22.7 Å². The molecule has 0 fully saturated rings. The summed E-state index contributed by atoms with van der Waals surface area (Å²) in [5, 5.41) is 6.95. The first-order valence-electron chi connectivity index (χ1n) is 5.34. The lowest BCUT2D eigenvalue weighted by Crippen LogP contribution is -2.11. The quantitative estimate of drug-likeness (QED) is 0.799. The van der Waals surface area contributed by atoms with E-state index < -0.39 is 0 Å². The monoisotopic (exact) mass is 283 g/mol. The number of rotatable bonds is 4. The van der Waals surface area contributed by atoms with Gasteiger partial charge in [-0.05, 0) is 13.8 Å². The Morgan fingerprint density at radius 2 is 2.22 bits per heavy atom. The van der Waals surface area contributed by atoms with Crippen LogP contribution >= 0.6 is 22.7 Å². The molecule has 96 valence electrons. The molecular formula is C10H13N5OS2. The molecule has 18 heavy (non-hydrogen) atoms. The third-order valence-corrected chi connectivity index (χ3v) is 3.89. The Morgan fingerprint density at radius 1 is 1.44 bits per heavy atom. The zero-order valence-electron chi connectivity index (χ0n) is 9.98. The molecule has 0 spiro atoms. The number of aryl methyl sites for hydroxylation is 1. The molecule has 0 aliphatic heterocycles. The molecule has 0 aromatic carbocycles. The summed E-state index contributed by atoms with van der Waals surface area (Å²) in [7, 11) is 0. The maximum Gasteiger partial charge on any atom is 0.271 e. The molecule has 2 aromatic rings. The number of hydrogen-bond donors (Lipinski definition) is 3. The molecule has 0 bridgehead atoms. The van der Waals surface area contributed by atoms with Crippen molar-refractivity contribution in [1.82, 2.24) is 9.97 Å². The van der Waals surface area contributed by atoms with Gasteiger partial charge >= 0.3 is 0 Å². The number of nitrogens with two attached hydrogens (primary N) is 1. The van der Waals surface area contributed by atoms with Gasteiger partial charge in [-0.1, -0.05) is 11.3 Å². The molecular weight excluding hydrogens is 270 g/mol. The highest BCUT2D eigenvalue weighted by Gasteiger charge is 2.17. The van der Waals surface area contributed by atoms with Crippen molar-refractivity contribution >= 4 is 44.7 Å². The fourth-order valence-corrected chi connectivity index (χ4v) is 2.80. The van der Waals surface area contributed by atoms with Gasteiger partial charge in [-0.25, -0.2) is 9.97 Å². The minimum absolute atomic E-state index is 0.238. The summed E-state index contributed by atoms with van der Waals surface area (Å²) < 4.78 is 0. The van der Waals surface area contributed by atoms with Crippen LogP contribution in [0.5, 0.6) is 0 Å². The normalized spacial score (nSPS) is 10.3. The van der Waals surface area contributed by atoms with Crippen LogP contribution in [0.25, 0.3) is 0 Å². The van der Waals surface area contributed by atoms with Gasteiger partial charge in [0.1, 0.15) is 10.7 Å². The maximum absolute atomic E-state index is 12.0. The van der Waals surface area contributed by atoms with Crippen LogP contribution in [0, 0.1) is 6.92 Å². The molecule has 0 saturated carbocycles. The molecule has 0 unspecified atom stereocenters. The second kappa shape index (κ2) is 5.32. The zero-order chi connectivity index (χ0) is 13.1. The molecule has 2 heterocycles. The molecule has 0 aliphatic rings. The first-order chi connectivity index (χ1) is 8.60. The molecule has 6 nitrogen and oxygen atoms in total. The second-order valence-corrected chi connectivity index (χ2v) is 5.73. The van der Waals surface area contributed by atoms with E-state index in [2.05, 4.69) is 20.6 Å². The third kappa shape index (κ3) is 2.77. The fraction of sp³-hybridized carbons (Fsp3) is 0.300. The van der Waals surface area contributed by atoms with Crippen LogP contribution in [0.2, 0.25) is 0 Å². The van der Waals surface area contributed by atoms with Crippen molar-refractivity contribution in [2.24, 2.45) is 0 Å². The van der Waals surface area contributed by atoms with Gasteiger partial charge < -0.3 is 11.1 Å². The highest BCUT2D eigenvalue weighted by atomic mass is 32.1. The van der Waals surface area contributed by atoms with Crippen molar-refractivity contribution < 1.29 is 4.79 Å². The number of nitrogens with zero attached hydrogens (tertiary/aromatic N) is 2. The Morgan fingerprint density at radius 3 is 2.83 bits per heavy atom. The zero-order valence-corrected chi connectivity index (χ0v) is 11.6. The summed E-state index contributed by atoms with van der Waals surface area (Å²) >= 11 is 2.65. The lowest BCUT2D eigenvalue weighted by atomic mass is 10.5. The summed E-state index contributed by atoms with van der Waals surface area (Å²) in [5.74, 6) is -0.0368. The van der Waals surface area contributed by atoms with E-state index in [0.717, 1.165) is 11.4 Å². The van der Waals surface area contributed by atoms with Crippen molar-refractivity contribution in [3.63, 3.8) is 0 Å². The van der Waals surface area contributed by atoms with E-state index >= 15 is 0 Å². The summed E-state index contributed by atoms with van der Waals surface area (Å²) in [6.07, 6.45) is 1.71. The number of nitrogen functional groups attached to an aromatic ring is 1. The Balaban J connectivity index is 2.13. The number of carbonyl (C=O) groups excluding carboxylic acids is 1. The van der Waals surface area contributed by atoms with Crippen LogP contribution in [0.15, 0.2) is 6.20 Å². The standard InChI is InChI=1S/C10H13N5OS2/c1-3-12-9-14-7(11)6(18-9)8(16)15-10-13-4-5(2)17-10/h4H,3,11H2,1-2H3,(H,12,14)(H,13,15,16). The van der Waals surface area contributed by atoms with Crippen LogP contribution in [-0.2, 0) is 0 Å². The van der Waals surface area contributed by atoms with Gasteiger partial charge in [0, 0.05) is 17.6 Å². The lowest BCUT2D eigenvalue weighted by Gasteiger charge is -1.98. The molecule has 0 radical (unpaired) electrons. The van der Waals surface area contributed by atoms with E-state index in [1.54, 1.807) is 6.20 Å². The predicted octanol–water partition coefficient (Wildman–Crippen LogP) is 2.17. The van der Waals surface area contributed by atoms with E-state index in [0.29, 0.717) is 15.1 Å². The van der Waals surface area contributed by atoms with Crippen molar-refractivity contribution in [1.29, 1.82) is 0 Å². The van der Waals surface area contributed by atoms with Gasteiger partial charge in [0.15, 0.2) is 10.3 Å². The van der Waals surface area contributed by atoms with Crippen LogP contribution in [-0.4, -0.2) is 22.4 Å². The smallest absolute Gasteiger partial charge is 0.271 e. The minimum atomic E-state index is -0.275. The Bertz CT molecular complexity index is 562. The fourth-order valence-electron chi connectivity index (χ4n) is 1.29. The van der Waals surface area contributed by atoms with Gasteiger partial charge in [0.25, 0.3) is 5.91 Å². The maximum atomic E-state index is 12.0. The van der Waals surface area contributed by atoms with Crippen molar-refractivity contribution in [2.75, 3.05) is 22.9 Å². The summed E-state index contributed by atoms with van der Waals surface area (Å²) in [6, 6.07) is 0. The first kappa shape index (κ1) is 12.8. The second-order valence-electron chi connectivity index (χ2n) is 3.49. The average molecular weight is 283 g/mol. The topological polar surface area (TPSA) is 92.9 Å². The van der Waals surface area contributed by atoms with Crippen molar-refractivity contribution in [3.05, 3.63) is 16.0 Å². The Hall–Kier alpha value is -1.67. The van der Waals surface area contributed by atoms with Crippen LogP contribution in [0.4, 0.5) is 16.1 Å². The molecule has 2 rings (SSSR count). The molecule has 8 heteroatoms. The Labute approximate surface area is 112 Å². The summed E-state index contributed by atoms with van der Waals surface area (Å²) in [4.78, 5) is 21.6. The molecule has 4 N–H and O–H groups in total. The van der Waals surface area contributed by atoms with Crippen molar-refractivity contribution in [3.8, 4) is 0 Å². The van der Waals surface area contributed by atoms with Gasteiger partial charge in [-0.15, -0.1) is 11.3 Å². The summed E-state index contributed by atoms with van der Waals surface area (Å²) in [5.41, 5.74) is 5.71. The Kier molecular flexibility index (Phi) is 3.78. The molecule has 1 amide bonds. The van der Waals surface area contributed by atoms with Crippen LogP contribution in [0.3, 0.4) is 0 Å². The number of thiazole rings is 2. The van der Waals surface area contributed by atoms with Crippen LogP contribution in [0.1, 0.15) is 21.5 Å². The lowest BCUT2D eigenvalue weighted by molar-refractivity contribution is 0.103. The number of hydrogen-bond acceptors (Lipinski definition) is 7. The third-order valence-electron chi connectivity index (χ3n) is 2.03. The van der Waals surface area contributed by atoms with Crippen molar-refractivity contribution in [2.45, 2.75) is 13.8 Å². The summed E-state index contributed by atoms with van der Waals surface area (Å²) in [6.45, 7) is 4.62. The van der Waals surface area contributed by atoms with E-state index in [1.807, 2.05) is 13.8 Å². The number of anilines is 3. The highest BCUT2D eigenvalue weighted by molar-refractivity contribution is 7.18. The largest absolute Gasteiger partial charge is 0.382 e. The van der Waals surface area contributed by atoms with E-state index in [-0.39, 0.29) is 11.7 Å². The van der Waals surface area contributed by atoms with Gasteiger partial charge in [0.2, 0.25) is 0 Å². The molecule has 2 aromatic heterocycles. The number of amides is 1. The molecule has 0 atom stereocenters. The van der Waals surface area contributed by atoms with E-state index in [9.17, 15) is 4.79 Å². The highest BCUT2D eigenvalue weighted by Crippen LogP contribution is 2.26. The number of aromatic nitrogens is 2. The average Bonchev–Trinajstić information content (AvgIpc) is 2.86. The van der Waals surface area contributed by atoms with Crippen LogP contribution < -0.4 is 16.4 Å². The SMILES string of the molecule is CCNc1nc(N)c(C(=O)Nc2ncc(C)s2)s1. The van der Waals surface area contributed by atoms with E-state index in [4.69, 9.17) is 5.73 Å². The molecule has 0 aliphatic carbocycles. The van der Waals surface area contributed by atoms with Gasteiger partial charge in [-0.2, -0.15) is 0 Å². The molecule has 0 saturated heterocycles. The van der Waals surface area contributed by atoms with Gasteiger partial charge in [-0.3, -0.25) is 10.1 Å². The number of nitrogens with one attached hydrogen (secondary N) is 2. The van der Waals surface area contributed by atoms with Gasteiger partial charge in [0.05, 0.1) is 0 Å². The number of carbonyl (C=O) groups is 1. The predicted molar refractivity (Wildman–Crippen MR) is 75.5 cm³/mol. The minimum Gasteiger partial charge on any atom is -0.382 e. The first-order valence-corrected chi connectivity index (χ1v) is 6.97.